The van der Waals surface area contributed by atoms with Crippen LogP contribution in [0, 0.1) is 0 Å². The van der Waals surface area contributed by atoms with Gasteiger partial charge in [-0.1, -0.05) is 26.3 Å². The topological polar surface area (TPSA) is 83.7 Å². The Hall–Kier alpha value is -4.19. The van der Waals surface area contributed by atoms with Crippen molar-refractivity contribution in [1.82, 2.24) is 19.9 Å². The molecule has 34 heavy (non-hydrogen) atoms. The van der Waals surface area contributed by atoms with Gasteiger partial charge in [0, 0.05) is 28.1 Å². The first-order chi connectivity index (χ1) is 16.6. The Kier molecular flexibility index (Phi) is 7.50. The molecule has 3 aromatic heterocycles. The highest BCUT2D eigenvalue weighted by Gasteiger charge is 2.02. The summed E-state index contributed by atoms with van der Waals surface area (Å²) in [5.41, 5.74) is 7.86. The monoisotopic (exact) mass is 452 g/mol. The van der Waals surface area contributed by atoms with Crippen molar-refractivity contribution in [3.63, 3.8) is 0 Å². The number of unbranched alkanes of at least 4 members (excludes halogenated alkanes) is 2. The second kappa shape index (κ2) is 11.1. The van der Waals surface area contributed by atoms with E-state index in [1.54, 1.807) is 0 Å². The maximum Gasteiger partial charge on any atom is 0.330 e. The van der Waals surface area contributed by atoms with Crippen molar-refractivity contribution in [2.24, 2.45) is 0 Å². The van der Waals surface area contributed by atoms with Gasteiger partial charge in [0.1, 0.15) is 0 Å². The van der Waals surface area contributed by atoms with Gasteiger partial charge in [0.15, 0.2) is 0 Å². The maximum atomic E-state index is 10.4. The van der Waals surface area contributed by atoms with E-state index >= 15 is 0 Å². The Bertz CT molecular complexity index is 1300. The average Bonchev–Trinajstić information content (AvgIpc) is 3.63. The summed E-state index contributed by atoms with van der Waals surface area (Å²) >= 11 is 0. The van der Waals surface area contributed by atoms with E-state index in [2.05, 4.69) is 63.8 Å². The number of carbonyl (C=O) groups is 1. The number of nitrogens with one attached hydrogen (secondary N) is 2. The number of hydrogen-bond donors (Lipinski definition) is 2. The lowest BCUT2D eigenvalue weighted by atomic mass is 10.3. The van der Waals surface area contributed by atoms with Crippen LogP contribution in [0.5, 0.6) is 0 Å². The summed E-state index contributed by atoms with van der Waals surface area (Å²) in [5.74, 6) is -0.323. The van der Waals surface area contributed by atoms with Crippen LogP contribution >= 0.6 is 0 Å². The van der Waals surface area contributed by atoms with Crippen molar-refractivity contribution in [1.29, 1.82) is 0 Å². The van der Waals surface area contributed by atoms with Crippen LogP contribution in [0.15, 0.2) is 61.2 Å². The molecule has 0 atom stereocenters. The van der Waals surface area contributed by atoms with Crippen LogP contribution in [-0.4, -0.2) is 32.5 Å². The molecule has 2 aliphatic heterocycles. The lowest BCUT2D eigenvalue weighted by molar-refractivity contribution is -0.137. The number of ether oxygens (including phenoxy) is 1. The van der Waals surface area contributed by atoms with E-state index in [-0.39, 0.29) is 5.97 Å². The van der Waals surface area contributed by atoms with E-state index in [0.29, 0.717) is 6.61 Å². The Balaban J connectivity index is 0.000000235. The molecule has 2 aliphatic rings. The van der Waals surface area contributed by atoms with Crippen LogP contribution in [0.1, 0.15) is 49.0 Å². The van der Waals surface area contributed by atoms with Gasteiger partial charge in [-0.25, -0.2) is 14.8 Å². The predicted octanol–water partition coefficient (Wildman–Crippen LogP) is 6.56. The smallest absolute Gasteiger partial charge is 0.330 e. The molecule has 172 valence electrons. The Morgan fingerprint density at radius 1 is 0.794 bits per heavy atom. The first-order valence-corrected chi connectivity index (χ1v) is 11.4. The van der Waals surface area contributed by atoms with Gasteiger partial charge in [-0.3, -0.25) is 0 Å². The average molecular weight is 453 g/mol. The first kappa shape index (κ1) is 23.0. The van der Waals surface area contributed by atoms with E-state index in [0.717, 1.165) is 64.1 Å². The number of esters is 1. The number of aromatic nitrogens is 4. The van der Waals surface area contributed by atoms with E-state index in [1.807, 2.05) is 42.5 Å². The quantitative estimate of drug-likeness (QED) is 0.180. The van der Waals surface area contributed by atoms with Crippen molar-refractivity contribution in [2.45, 2.75) is 26.2 Å². The van der Waals surface area contributed by atoms with Gasteiger partial charge >= 0.3 is 5.97 Å². The summed E-state index contributed by atoms with van der Waals surface area (Å²) in [6.45, 7) is 5.92. The molecule has 5 rings (SSSR count). The van der Waals surface area contributed by atoms with Crippen LogP contribution < -0.4 is 0 Å². The third-order valence-electron chi connectivity index (χ3n) is 5.20. The normalized spacial score (nSPS) is 11.6. The number of H-pyrrole nitrogens is 2. The standard InChI is InChI=1S/C20H14N4.C8H14O2/c1-2-14-10-16-5-6-18(23-16)12-20-8-7-19(24-20)11-17-4-3-15(22-17)9-13(1)21-14;1-3-5-6-7-10-8(9)4-2/h1-12,21-22H;4H,2-3,5-7H2,1H3. The number of hydrogen-bond acceptors (Lipinski definition) is 4. The van der Waals surface area contributed by atoms with Gasteiger partial charge in [-0.2, -0.15) is 0 Å². The Labute approximate surface area is 198 Å². The molecule has 0 spiro atoms. The van der Waals surface area contributed by atoms with Crippen LogP contribution in [0.3, 0.4) is 0 Å². The summed E-state index contributed by atoms with van der Waals surface area (Å²) < 4.78 is 4.74. The van der Waals surface area contributed by atoms with Crippen molar-refractivity contribution in [3.05, 3.63) is 84.0 Å². The molecule has 0 radical (unpaired) electrons. The highest BCUT2D eigenvalue weighted by atomic mass is 16.5. The number of rotatable bonds is 5. The molecule has 6 heteroatoms. The fourth-order valence-electron chi connectivity index (χ4n) is 3.53. The fraction of sp³-hybridized carbons (Fsp3) is 0.179. The molecule has 8 bridgehead atoms. The van der Waals surface area contributed by atoms with E-state index in [4.69, 9.17) is 4.74 Å². The molecule has 0 fully saturated rings. The zero-order valence-corrected chi connectivity index (χ0v) is 19.3. The molecular formula is C28H28N4O2. The molecule has 2 N–H and O–H groups in total. The highest BCUT2D eigenvalue weighted by Crippen LogP contribution is 2.17. The van der Waals surface area contributed by atoms with Crippen molar-refractivity contribution in [2.75, 3.05) is 6.61 Å². The zero-order chi connectivity index (χ0) is 23.8. The predicted molar refractivity (Wildman–Crippen MR) is 140 cm³/mol. The molecular weight excluding hydrogens is 424 g/mol. The first-order valence-electron chi connectivity index (χ1n) is 11.4. The Morgan fingerprint density at radius 3 is 1.74 bits per heavy atom. The minimum Gasteiger partial charge on any atom is -0.463 e. The van der Waals surface area contributed by atoms with E-state index in [1.165, 1.54) is 6.08 Å². The number of carbonyl (C=O) groups excluding carboxylic acids is 1. The largest absolute Gasteiger partial charge is 0.463 e. The number of fused-ring (bicyclic) bond motifs is 8. The number of aromatic amines is 2. The lowest BCUT2D eigenvalue weighted by Gasteiger charge is -1.98. The van der Waals surface area contributed by atoms with Gasteiger partial charge < -0.3 is 14.7 Å². The molecule has 0 amide bonds. The van der Waals surface area contributed by atoms with Crippen molar-refractivity contribution < 1.29 is 9.53 Å². The molecule has 0 saturated carbocycles. The zero-order valence-electron chi connectivity index (χ0n) is 19.3. The third kappa shape index (κ3) is 6.42. The summed E-state index contributed by atoms with van der Waals surface area (Å²) in [6.07, 6.45) is 12.4. The number of nitrogens with zero attached hydrogens (tertiary/aromatic N) is 2. The van der Waals surface area contributed by atoms with Crippen LogP contribution in [0.2, 0.25) is 0 Å². The SMILES string of the molecule is C1=Cc2cc3ccc(cc4ccc(cc5nc(cc1n2)C=C5)[nH]4)[nH]3.C=CC(=O)OCCCCC. The molecule has 0 aromatic carbocycles. The van der Waals surface area contributed by atoms with Crippen molar-refractivity contribution in [3.8, 4) is 0 Å². The lowest BCUT2D eigenvalue weighted by Crippen LogP contribution is -2.01. The van der Waals surface area contributed by atoms with Gasteiger partial charge in [0.2, 0.25) is 0 Å². The molecule has 6 nitrogen and oxygen atoms in total. The fourth-order valence-corrected chi connectivity index (χ4v) is 3.53. The van der Waals surface area contributed by atoms with Gasteiger partial charge in [0.25, 0.3) is 0 Å². The van der Waals surface area contributed by atoms with Crippen molar-refractivity contribution >= 4 is 52.3 Å². The van der Waals surface area contributed by atoms with Gasteiger partial charge in [-0.15, -0.1) is 0 Å². The van der Waals surface area contributed by atoms with Crippen LogP contribution in [-0.2, 0) is 9.53 Å². The van der Waals surface area contributed by atoms with Gasteiger partial charge in [0.05, 0.1) is 29.4 Å². The molecule has 0 saturated heterocycles. The summed E-state index contributed by atoms with van der Waals surface area (Å²) in [4.78, 5) is 26.5. The molecule has 5 heterocycles. The van der Waals surface area contributed by atoms with E-state index in [9.17, 15) is 4.79 Å². The summed E-state index contributed by atoms with van der Waals surface area (Å²) in [7, 11) is 0. The van der Waals surface area contributed by atoms with Crippen LogP contribution in [0.25, 0.3) is 46.4 Å². The molecule has 0 aliphatic carbocycles. The summed E-state index contributed by atoms with van der Waals surface area (Å²) in [6, 6.07) is 16.4. The third-order valence-corrected chi connectivity index (χ3v) is 5.20. The van der Waals surface area contributed by atoms with E-state index < -0.39 is 0 Å². The second-order valence-corrected chi connectivity index (χ2v) is 7.98. The minimum absolute atomic E-state index is 0.323. The minimum atomic E-state index is -0.323. The summed E-state index contributed by atoms with van der Waals surface area (Å²) in [5, 5.41) is 0. The molecule has 3 aromatic rings. The Morgan fingerprint density at radius 2 is 1.26 bits per heavy atom. The maximum absolute atomic E-state index is 10.4. The molecule has 0 unspecified atom stereocenters. The van der Waals surface area contributed by atoms with Gasteiger partial charge in [-0.05, 0) is 79.3 Å². The van der Waals surface area contributed by atoms with Crippen LogP contribution in [0.4, 0.5) is 0 Å². The highest BCUT2D eigenvalue weighted by molar-refractivity contribution is 5.81. The second-order valence-electron chi connectivity index (χ2n) is 7.98.